The minimum absolute atomic E-state index is 0.590. The van der Waals surface area contributed by atoms with E-state index in [9.17, 15) is 5.26 Å². The lowest BCUT2D eigenvalue weighted by molar-refractivity contribution is 1.13. The number of para-hydroxylation sites is 2. The van der Waals surface area contributed by atoms with Crippen LogP contribution in [0.25, 0.3) is 33.5 Å². The zero-order valence-corrected chi connectivity index (χ0v) is 15.3. The number of aromatic amines is 1. The number of thiophene rings is 1. The molecule has 0 aliphatic heterocycles. The maximum absolute atomic E-state index is 9.61. The zero-order chi connectivity index (χ0) is 18.3. The SMILES string of the molecule is CN(C)c1ccc(-c2c(C#N)sc(N)c2-c2nc3ccccc3[nH]2)cc1. The van der Waals surface area contributed by atoms with Crippen LogP contribution in [0.2, 0.25) is 0 Å². The molecule has 3 N–H and O–H groups in total. The Kier molecular flexibility index (Phi) is 3.86. The van der Waals surface area contributed by atoms with Gasteiger partial charge in [0, 0.05) is 25.3 Å². The van der Waals surface area contributed by atoms with Gasteiger partial charge >= 0.3 is 0 Å². The Balaban J connectivity index is 1.93. The molecule has 0 spiro atoms. The molecule has 0 unspecified atom stereocenters. The second-order valence-corrected chi connectivity index (χ2v) is 7.25. The first kappa shape index (κ1) is 16.2. The smallest absolute Gasteiger partial charge is 0.142 e. The van der Waals surface area contributed by atoms with Gasteiger partial charge in [0.2, 0.25) is 0 Å². The van der Waals surface area contributed by atoms with Gasteiger partial charge in [-0.2, -0.15) is 5.26 Å². The molecule has 0 aliphatic rings. The maximum Gasteiger partial charge on any atom is 0.142 e. The number of rotatable bonds is 3. The van der Waals surface area contributed by atoms with Gasteiger partial charge in [-0.05, 0) is 29.8 Å². The van der Waals surface area contributed by atoms with Crippen LogP contribution in [0.4, 0.5) is 10.7 Å². The van der Waals surface area contributed by atoms with Crippen molar-refractivity contribution in [3.63, 3.8) is 0 Å². The predicted octanol–water partition coefficient (Wildman–Crippen LogP) is 4.48. The van der Waals surface area contributed by atoms with Gasteiger partial charge in [-0.1, -0.05) is 24.3 Å². The summed E-state index contributed by atoms with van der Waals surface area (Å²) in [6, 6.07) is 18.2. The lowest BCUT2D eigenvalue weighted by Crippen LogP contribution is -2.07. The van der Waals surface area contributed by atoms with Crippen LogP contribution in [0.1, 0.15) is 4.88 Å². The highest BCUT2D eigenvalue weighted by Crippen LogP contribution is 2.44. The molecule has 0 aliphatic carbocycles. The summed E-state index contributed by atoms with van der Waals surface area (Å²) in [7, 11) is 4.00. The van der Waals surface area contributed by atoms with Gasteiger partial charge in [0.25, 0.3) is 0 Å². The first-order valence-electron chi connectivity index (χ1n) is 8.13. The number of hydrogen-bond donors (Lipinski definition) is 2. The van der Waals surface area contributed by atoms with Gasteiger partial charge in [-0.25, -0.2) is 4.98 Å². The standard InChI is InChI=1S/C20H17N5S/c1-25(2)13-9-7-12(8-10-13)17-16(11-21)26-19(22)18(17)20-23-14-5-3-4-6-15(14)24-20/h3-10H,22H2,1-2H3,(H,23,24). The molecule has 5 nitrogen and oxygen atoms in total. The number of hydrogen-bond acceptors (Lipinski definition) is 5. The zero-order valence-electron chi connectivity index (χ0n) is 14.4. The van der Waals surface area contributed by atoms with Gasteiger partial charge < -0.3 is 15.6 Å². The third-order valence-corrected chi connectivity index (χ3v) is 5.26. The molecule has 2 heterocycles. The first-order valence-corrected chi connectivity index (χ1v) is 8.95. The molecule has 26 heavy (non-hydrogen) atoms. The first-order chi connectivity index (χ1) is 12.6. The van der Waals surface area contributed by atoms with E-state index >= 15 is 0 Å². The Morgan fingerprint density at radius 1 is 1.08 bits per heavy atom. The molecule has 0 atom stereocenters. The van der Waals surface area contributed by atoms with E-state index in [1.54, 1.807) is 0 Å². The molecule has 0 radical (unpaired) electrons. The van der Waals surface area contributed by atoms with Crippen molar-refractivity contribution in [3.8, 4) is 28.6 Å². The average molecular weight is 359 g/mol. The summed E-state index contributed by atoms with van der Waals surface area (Å²) in [5, 5.41) is 10.2. The van der Waals surface area contributed by atoms with Crippen molar-refractivity contribution in [3.05, 3.63) is 53.4 Å². The van der Waals surface area contributed by atoms with Gasteiger partial charge in [-0.3, -0.25) is 0 Å². The van der Waals surface area contributed by atoms with E-state index in [1.807, 2.05) is 67.5 Å². The summed E-state index contributed by atoms with van der Waals surface area (Å²) in [5.41, 5.74) is 11.8. The number of nitrogens with zero attached hydrogens (tertiary/aromatic N) is 3. The number of nitrogen functional groups attached to an aromatic ring is 1. The number of benzene rings is 2. The van der Waals surface area contributed by atoms with Gasteiger partial charge in [0.1, 0.15) is 16.8 Å². The Labute approximate surface area is 155 Å². The van der Waals surface area contributed by atoms with Gasteiger partial charge in [0.15, 0.2) is 0 Å². The number of H-pyrrole nitrogens is 1. The van der Waals surface area contributed by atoms with E-state index < -0.39 is 0 Å². The minimum Gasteiger partial charge on any atom is -0.390 e. The van der Waals surface area contributed by atoms with Gasteiger partial charge in [-0.15, -0.1) is 11.3 Å². The van der Waals surface area contributed by atoms with Gasteiger partial charge in [0.05, 0.1) is 21.6 Å². The number of imidazole rings is 1. The molecule has 4 rings (SSSR count). The number of nitrogens with two attached hydrogens (primary N) is 1. The number of nitriles is 1. The van der Waals surface area contributed by atoms with Crippen molar-refractivity contribution in [2.75, 3.05) is 24.7 Å². The molecule has 6 heteroatoms. The Morgan fingerprint density at radius 3 is 2.46 bits per heavy atom. The fourth-order valence-electron chi connectivity index (χ4n) is 3.04. The molecule has 4 aromatic rings. The highest BCUT2D eigenvalue weighted by molar-refractivity contribution is 7.17. The number of fused-ring (bicyclic) bond motifs is 1. The van der Waals surface area contributed by atoms with E-state index in [1.165, 1.54) is 11.3 Å². The number of nitrogens with one attached hydrogen (secondary N) is 1. The summed E-state index contributed by atoms with van der Waals surface area (Å²) in [4.78, 5) is 10.6. The minimum atomic E-state index is 0.590. The van der Waals surface area contributed by atoms with Crippen LogP contribution in [0, 0.1) is 11.3 Å². The lowest BCUT2D eigenvalue weighted by Gasteiger charge is -2.13. The molecule has 2 aromatic carbocycles. The molecule has 0 bridgehead atoms. The molecule has 0 amide bonds. The van der Waals surface area contributed by atoms with Crippen LogP contribution < -0.4 is 10.6 Å². The quantitative estimate of drug-likeness (QED) is 0.565. The molecular weight excluding hydrogens is 342 g/mol. The molecule has 0 saturated carbocycles. The second-order valence-electron chi connectivity index (χ2n) is 6.20. The topological polar surface area (TPSA) is 81.7 Å². The maximum atomic E-state index is 9.61. The van der Waals surface area contributed by atoms with E-state index in [0.29, 0.717) is 15.7 Å². The summed E-state index contributed by atoms with van der Waals surface area (Å²) >= 11 is 1.30. The number of anilines is 2. The highest BCUT2D eigenvalue weighted by atomic mass is 32.1. The average Bonchev–Trinajstić information content (AvgIpc) is 3.21. The van der Waals surface area contributed by atoms with Crippen molar-refractivity contribution >= 4 is 33.1 Å². The summed E-state index contributed by atoms with van der Waals surface area (Å²) in [6.45, 7) is 0. The van der Waals surface area contributed by atoms with Crippen molar-refractivity contribution in [2.45, 2.75) is 0 Å². The van der Waals surface area contributed by atoms with Crippen LogP contribution in [-0.2, 0) is 0 Å². The Bertz CT molecular complexity index is 1100. The fourth-order valence-corrected chi connectivity index (χ4v) is 3.92. The summed E-state index contributed by atoms with van der Waals surface area (Å²) < 4.78 is 0. The van der Waals surface area contributed by atoms with E-state index in [4.69, 9.17) is 5.73 Å². The van der Waals surface area contributed by atoms with Crippen LogP contribution in [-0.4, -0.2) is 24.1 Å². The molecule has 128 valence electrons. The Hall–Kier alpha value is -3.30. The summed E-state index contributed by atoms with van der Waals surface area (Å²) in [6.07, 6.45) is 0. The van der Waals surface area contributed by atoms with E-state index in [0.717, 1.165) is 33.4 Å². The fraction of sp³-hybridized carbons (Fsp3) is 0.100. The molecule has 0 fully saturated rings. The van der Waals surface area contributed by atoms with Crippen molar-refractivity contribution < 1.29 is 0 Å². The van der Waals surface area contributed by atoms with Crippen molar-refractivity contribution in [1.29, 1.82) is 5.26 Å². The summed E-state index contributed by atoms with van der Waals surface area (Å²) in [5.74, 6) is 0.688. The molecule has 0 saturated heterocycles. The van der Waals surface area contributed by atoms with Crippen LogP contribution in [0.3, 0.4) is 0 Å². The Morgan fingerprint density at radius 2 is 1.81 bits per heavy atom. The largest absolute Gasteiger partial charge is 0.390 e. The monoisotopic (exact) mass is 359 g/mol. The van der Waals surface area contributed by atoms with Crippen LogP contribution >= 0.6 is 11.3 Å². The van der Waals surface area contributed by atoms with Crippen LogP contribution in [0.15, 0.2) is 48.5 Å². The van der Waals surface area contributed by atoms with Crippen molar-refractivity contribution in [1.82, 2.24) is 9.97 Å². The van der Waals surface area contributed by atoms with E-state index in [2.05, 4.69) is 16.0 Å². The third-order valence-electron chi connectivity index (χ3n) is 4.34. The molecule has 2 aromatic heterocycles. The molecular formula is C20H17N5S. The highest BCUT2D eigenvalue weighted by Gasteiger charge is 2.22. The predicted molar refractivity (Wildman–Crippen MR) is 108 cm³/mol. The van der Waals surface area contributed by atoms with Crippen LogP contribution in [0.5, 0.6) is 0 Å². The third kappa shape index (κ3) is 2.59. The van der Waals surface area contributed by atoms with Crippen molar-refractivity contribution in [2.24, 2.45) is 0 Å². The normalized spacial score (nSPS) is 10.8. The van der Waals surface area contributed by atoms with E-state index in [-0.39, 0.29) is 0 Å². The second kappa shape index (κ2) is 6.21. The number of aromatic nitrogens is 2. The lowest BCUT2D eigenvalue weighted by atomic mass is 10.0.